The van der Waals surface area contributed by atoms with Gasteiger partial charge in [0, 0.05) is 30.1 Å². The molecule has 0 bridgehead atoms. The third kappa shape index (κ3) is 6.64. The van der Waals surface area contributed by atoms with Crippen molar-refractivity contribution in [3.8, 4) is 22.5 Å². The van der Waals surface area contributed by atoms with Gasteiger partial charge in [0.05, 0.1) is 17.1 Å². The SMILES string of the molecule is CCCCCCNC(=O)Nc1cccc(C)c1-c1ccc(-c2cc(C(C)(C)C)ccn2)nc1. The van der Waals surface area contributed by atoms with E-state index >= 15 is 0 Å². The predicted molar refractivity (Wildman–Crippen MR) is 138 cm³/mol. The summed E-state index contributed by atoms with van der Waals surface area (Å²) in [6.07, 6.45) is 8.22. The summed E-state index contributed by atoms with van der Waals surface area (Å²) in [6.45, 7) is 11.5. The van der Waals surface area contributed by atoms with Crippen molar-refractivity contribution in [2.24, 2.45) is 0 Å². The minimum Gasteiger partial charge on any atom is -0.338 e. The maximum atomic E-state index is 12.4. The van der Waals surface area contributed by atoms with Crippen molar-refractivity contribution < 1.29 is 4.79 Å². The highest BCUT2D eigenvalue weighted by molar-refractivity contribution is 5.95. The molecule has 0 spiro atoms. The molecule has 0 unspecified atom stereocenters. The number of carbonyl (C=O) groups is 1. The first kappa shape index (κ1) is 24.4. The molecular weight excluding hydrogens is 408 g/mol. The van der Waals surface area contributed by atoms with E-state index in [1.807, 2.05) is 49.6 Å². The van der Waals surface area contributed by atoms with E-state index in [0.717, 1.165) is 46.6 Å². The zero-order chi connectivity index (χ0) is 23.8. The molecule has 0 fully saturated rings. The molecule has 3 aromatic rings. The first-order valence-corrected chi connectivity index (χ1v) is 11.9. The Labute approximate surface area is 198 Å². The molecule has 1 aromatic carbocycles. The van der Waals surface area contributed by atoms with Crippen LogP contribution in [0.25, 0.3) is 22.5 Å². The average molecular weight is 445 g/mol. The Morgan fingerprint density at radius 1 is 0.970 bits per heavy atom. The van der Waals surface area contributed by atoms with Crippen LogP contribution in [-0.4, -0.2) is 22.5 Å². The Kier molecular flexibility index (Phi) is 8.21. The molecule has 0 aliphatic rings. The molecule has 0 radical (unpaired) electrons. The first-order chi connectivity index (χ1) is 15.8. The summed E-state index contributed by atoms with van der Waals surface area (Å²) < 4.78 is 0. The molecule has 0 saturated carbocycles. The quantitative estimate of drug-likeness (QED) is 0.364. The number of hydrogen-bond acceptors (Lipinski definition) is 3. The predicted octanol–water partition coefficient (Wildman–Crippen LogP) is 7.12. The van der Waals surface area contributed by atoms with Crippen LogP contribution in [0.4, 0.5) is 10.5 Å². The standard InChI is InChI=1S/C28H36N4O/c1-6-7-8-9-16-30-27(33)32-24-12-10-11-20(2)26(24)21-13-14-23(31-19-21)25-18-22(15-17-29-25)28(3,4)5/h10-15,17-19H,6-9,16H2,1-5H3,(H2,30,32,33). The Bertz CT molecular complexity index is 1070. The maximum absolute atomic E-state index is 12.4. The number of urea groups is 1. The molecule has 5 nitrogen and oxygen atoms in total. The van der Waals surface area contributed by atoms with Gasteiger partial charge in [0.2, 0.25) is 0 Å². The molecule has 3 rings (SSSR count). The maximum Gasteiger partial charge on any atom is 0.319 e. The van der Waals surface area contributed by atoms with Gasteiger partial charge in [-0.3, -0.25) is 9.97 Å². The van der Waals surface area contributed by atoms with Gasteiger partial charge in [-0.1, -0.05) is 65.2 Å². The van der Waals surface area contributed by atoms with E-state index in [2.05, 4.69) is 55.4 Å². The lowest BCUT2D eigenvalue weighted by Gasteiger charge is -2.19. The summed E-state index contributed by atoms with van der Waals surface area (Å²) in [5, 5.41) is 5.98. The average Bonchev–Trinajstić information content (AvgIpc) is 2.79. The number of unbranched alkanes of at least 4 members (excludes halogenated alkanes) is 3. The third-order valence-corrected chi connectivity index (χ3v) is 5.78. The summed E-state index contributed by atoms with van der Waals surface area (Å²) in [6, 6.07) is 14.0. The van der Waals surface area contributed by atoms with Crippen LogP contribution < -0.4 is 10.6 Å². The highest BCUT2D eigenvalue weighted by atomic mass is 16.2. The van der Waals surface area contributed by atoms with Crippen LogP contribution in [0.15, 0.2) is 54.9 Å². The van der Waals surface area contributed by atoms with E-state index in [1.54, 1.807) is 0 Å². The van der Waals surface area contributed by atoms with Crippen LogP contribution >= 0.6 is 0 Å². The van der Waals surface area contributed by atoms with Crippen LogP contribution in [0.1, 0.15) is 64.5 Å². The summed E-state index contributed by atoms with van der Waals surface area (Å²) in [7, 11) is 0. The Hall–Kier alpha value is -3.21. The number of hydrogen-bond donors (Lipinski definition) is 2. The summed E-state index contributed by atoms with van der Waals surface area (Å²) in [5.74, 6) is 0. The van der Waals surface area contributed by atoms with Gasteiger partial charge in [-0.05, 0) is 54.2 Å². The molecule has 0 saturated heterocycles. The summed E-state index contributed by atoms with van der Waals surface area (Å²) in [5.41, 5.74) is 6.77. The van der Waals surface area contributed by atoms with Crippen molar-refractivity contribution in [1.29, 1.82) is 0 Å². The molecular formula is C28H36N4O. The lowest BCUT2D eigenvalue weighted by molar-refractivity contribution is 0.252. The molecule has 0 aliphatic carbocycles. The topological polar surface area (TPSA) is 66.9 Å². The number of amides is 2. The highest BCUT2D eigenvalue weighted by Crippen LogP contribution is 2.32. The zero-order valence-electron chi connectivity index (χ0n) is 20.5. The fourth-order valence-electron chi connectivity index (χ4n) is 3.81. The zero-order valence-corrected chi connectivity index (χ0v) is 20.5. The normalized spacial score (nSPS) is 11.3. The molecule has 174 valence electrons. The Morgan fingerprint density at radius 3 is 2.48 bits per heavy atom. The second-order valence-corrected chi connectivity index (χ2v) is 9.55. The fourth-order valence-corrected chi connectivity index (χ4v) is 3.81. The number of benzene rings is 1. The van der Waals surface area contributed by atoms with E-state index in [9.17, 15) is 4.79 Å². The molecule has 2 heterocycles. The van der Waals surface area contributed by atoms with Crippen molar-refractivity contribution in [3.63, 3.8) is 0 Å². The Balaban J connectivity index is 1.78. The number of carbonyl (C=O) groups excluding carboxylic acids is 1. The molecule has 2 aromatic heterocycles. The molecule has 33 heavy (non-hydrogen) atoms. The molecule has 5 heteroatoms. The van der Waals surface area contributed by atoms with Crippen molar-refractivity contribution >= 4 is 11.7 Å². The summed E-state index contributed by atoms with van der Waals surface area (Å²) >= 11 is 0. The minimum atomic E-state index is -0.175. The number of nitrogens with one attached hydrogen (secondary N) is 2. The Morgan fingerprint density at radius 2 is 1.79 bits per heavy atom. The van der Waals surface area contributed by atoms with Gasteiger partial charge in [0.15, 0.2) is 0 Å². The number of rotatable bonds is 8. The van der Waals surface area contributed by atoms with Crippen LogP contribution in [-0.2, 0) is 5.41 Å². The number of aromatic nitrogens is 2. The third-order valence-electron chi connectivity index (χ3n) is 5.78. The van der Waals surface area contributed by atoms with Gasteiger partial charge in [0.25, 0.3) is 0 Å². The van der Waals surface area contributed by atoms with Crippen molar-refractivity contribution in [3.05, 3.63) is 66.0 Å². The smallest absolute Gasteiger partial charge is 0.319 e. The number of pyridine rings is 2. The lowest BCUT2D eigenvalue weighted by Crippen LogP contribution is -2.29. The monoisotopic (exact) mass is 444 g/mol. The van der Waals surface area contributed by atoms with Crippen LogP contribution in [0.3, 0.4) is 0 Å². The summed E-state index contributed by atoms with van der Waals surface area (Å²) in [4.78, 5) is 21.7. The largest absolute Gasteiger partial charge is 0.338 e. The molecule has 2 amide bonds. The van der Waals surface area contributed by atoms with Gasteiger partial charge in [0.1, 0.15) is 0 Å². The number of nitrogens with zero attached hydrogens (tertiary/aromatic N) is 2. The fraction of sp³-hybridized carbons (Fsp3) is 0.393. The van der Waals surface area contributed by atoms with Gasteiger partial charge in [-0.25, -0.2) is 4.79 Å². The molecule has 0 aliphatic heterocycles. The van der Waals surface area contributed by atoms with Crippen molar-refractivity contribution in [1.82, 2.24) is 15.3 Å². The van der Waals surface area contributed by atoms with Gasteiger partial charge < -0.3 is 10.6 Å². The van der Waals surface area contributed by atoms with E-state index < -0.39 is 0 Å². The van der Waals surface area contributed by atoms with E-state index in [-0.39, 0.29) is 11.4 Å². The van der Waals surface area contributed by atoms with Crippen LogP contribution in [0.2, 0.25) is 0 Å². The van der Waals surface area contributed by atoms with Gasteiger partial charge >= 0.3 is 6.03 Å². The second kappa shape index (κ2) is 11.1. The van der Waals surface area contributed by atoms with E-state index in [1.165, 1.54) is 18.4 Å². The van der Waals surface area contributed by atoms with Gasteiger partial charge in [-0.15, -0.1) is 0 Å². The first-order valence-electron chi connectivity index (χ1n) is 11.9. The van der Waals surface area contributed by atoms with Crippen LogP contribution in [0, 0.1) is 6.92 Å². The van der Waals surface area contributed by atoms with Crippen molar-refractivity contribution in [2.75, 3.05) is 11.9 Å². The highest BCUT2D eigenvalue weighted by Gasteiger charge is 2.16. The molecule has 2 N–H and O–H groups in total. The number of aryl methyl sites for hydroxylation is 1. The molecule has 0 atom stereocenters. The van der Waals surface area contributed by atoms with E-state index in [4.69, 9.17) is 4.98 Å². The number of anilines is 1. The van der Waals surface area contributed by atoms with Crippen molar-refractivity contribution in [2.45, 2.75) is 65.7 Å². The van der Waals surface area contributed by atoms with Gasteiger partial charge in [-0.2, -0.15) is 0 Å². The second-order valence-electron chi connectivity index (χ2n) is 9.55. The lowest BCUT2D eigenvalue weighted by atomic mass is 9.87. The minimum absolute atomic E-state index is 0.0515. The van der Waals surface area contributed by atoms with E-state index in [0.29, 0.717) is 6.54 Å². The van der Waals surface area contributed by atoms with Crippen LogP contribution in [0.5, 0.6) is 0 Å².